The van der Waals surface area contributed by atoms with Crippen molar-refractivity contribution in [1.82, 2.24) is 20.6 Å². The van der Waals surface area contributed by atoms with Gasteiger partial charge >= 0.3 is 6.09 Å². The van der Waals surface area contributed by atoms with Gasteiger partial charge in [0.25, 0.3) is 5.91 Å². The first kappa shape index (κ1) is 15.4. The first-order valence-corrected chi connectivity index (χ1v) is 6.58. The van der Waals surface area contributed by atoms with Crippen molar-refractivity contribution in [2.75, 3.05) is 13.7 Å². The Labute approximate surface area is 127 Å². The van der Waals surface area contributed by atoms with Crippen molar-refractivity contribution in [3.8, 4) is 11.4 Å². The minimum atomic E-state index is -0.752. The Hall–Kier alpha value is -3.03. The zero-order chi connectivity index (χ0) is 15.9. The van der Waals surface area contributed by atoms with E-state index >= 15 is 0 Å². The third-order valence-corrected chi connectivity index (χ3v) is 2.69. The van der Waals surface area contributed by atoms with E-state index in [1.54, 1.807) is 13.1 Å². The minimum Gasteiger partial charge on any atom is -0.493 e. The summed E-state index contributed by atoms with van der Waals surface area (Å²) in [4.78, 5) is 23.2. The smallest absolute Gasteiger partial charge is 0.426 e. The Bertz CT molecular complexity index is 654. The molecule has 2 aromatic rings. The fourth-order valence-corrected chi connectivity index (χ4v) is 1.71. The summed E-state index contributed by atoms with van der Waals surface area (Å²) in [7, 11) is 1.43. The highest BCUT2D eigenvalue weighted by Crippen LogP contribution is 2.19. The molecule has 0 unspecified atom stereocenters. The van der Waals surface area contributed by atoms with Crippen LogP contribution in [0.25, 0.3) is 5.69 Å². The van der Waals surface area contributed by atoms with Crippen molar-refractivity contribution in [3.05, 3.63) is 42.2 Å². The molecule has 2 rings (SSSR count). The zero-order valence-corrected chi connectivity index (χ0v) is 12.2. The first-order valence-electron chi connectivity index (χ1n) is 6.58. The molecule has 0 bridgehead atoms. The number of nitrogens with one attached hydrogen (secondary N) is 2. The predicted molar refractivity (Wildman–Crippen MR) is 77.7 cm³/mol. The highest BCUT2D eigenvalue weighted by molar-refractivity contribution is 5.95. The lowest BCUT2D eigenvalue weighted by atomic mass is 10.3. The van der Waals surface area contributed by atoms with Crippen LogP contribution in [0.15, 0.2) is 36.5 Å². The van der Waals surface area contributed by atoms with E-state index in [1.165, 1.54) is 11.8 Å². The van der Waals surface area contributed by atoms with Crippen molar-refractivity contribution < 1.29 is 19.1 Å². The highest BCUT2D eigenvalue weighted by Gasteiger charge is 2.19. The number of methoxy groups -OCH3 is 1. The third kappa shape index (κ3) is 3.54. The van der Waals surface area contributed by atoms with Gasteiger partial charge in [0.15, 0.2) is 11.4 Å². The first-order chi connectivity index (χ1) is 10.7. The number of hydrogen-bond acceptors (Lipinski definition) is 5. The van der Waals surface area contributed by atoms with Gasteiger partial charge in [-0.1, -0.05) is 18.2 Å². The Morgan fingerprint density at radius 2 is 1.95 bits per heavy atom. The van der Waals surface area contributed by atoms with Gasteiger partial charge < -0.3 is 9.47 Å². The second-order valence-electron chi connectivity index (χ2n) is 4.13. The molecule has 0 aliphatic carbocycles. The number of ether oxygens (including phenoxy) is 2. The number of carbonyl (C=O) groups excluding carboxylic acids is 2. The maximum absolute atomic E-state index is 12.0. The van der Waals surface area contributed by atoms with Crippen molar-refractivity contribution in [1.29, 1.82) is 0 Å². The number of nitrogens with zero attached hydrogens (tertiary/aromatic N) is 2. The van der Waals surface area contributed by atoms with Gasteiger partial charge in [-0.05, 0) is 19.1 Å². The van der Waals surface area contributed by atoms with Crippen LogP contribution in [0.3, 0.4) is 0 Å². The molecular weight excluding hydrogens is 288 g/mol. The lowest BCUT2D eigenvalue weighted by Crippen LogP contribution is -2.42. The quantitative estimate of drug-likeness (QED) is 0.830. The van der Waals surface area contributed by atoms with E-state index in [0.29, 0.717) is 0 Å². The molecule has 2 N–H and O–H groups in total. The molecule has 0 radical (unpaired) electrons. The summed E-state index contributed by atoms with van der Waals surface area (Å²) in [5, 5.41) is 4.16. The van der Waals surface area contributed by atoms with Crippen LogP contribution in [0, 0.1) is 0 Å². The Kier molecular flexibility index (Phi) is 4.97. The molecule has 1 aromatic carbocycles. The van der Waals surface area contributed by atoms with Gasteiger partial charge in [0, 0.05) is 0 Å². The molecule has 116 valence electrons. The number of hydrogen-bond donors (Lipinski definition) is 2. The van der Waals surface area contributed by atoms with Crippen LogP contribution in [0.1, 0.15) is 17.4 Å². The monoisotopic (exact) mass is 304 g/mol. The highest BCUT2D eigenvalue weighted by atomic mass is 16.6. The maximum Gasteiger partial charge on any atom is 0.426 e. The number of hydrazine groups is 1. The number of aromatic nitrogens is 2. The molecular formula is C14H16N4O4. The second-order valence-corrected chi connectivity index (χ2v) is 4.13. The van der Waals surface area contributed by atoms with E-state index in [0.717, 1.165) is 5.69 Å². The Balaban J connectivity index is 2.15. The molecule has 0 fully saturated rings. The van der Waals surface area contributed by atoms with Gasteiger partial charge in [0.1, 0.15) is 0 Å². The number of para-hydroxylation sites is 1. The molecule has 22 heavy (non-hydrogen) atoms. The topological polar surface area (TPSA) is 94.5 Å². The van der Waals surface area contributed by atoms with Crippen molar-refractivity contribution >= 4 is 12.0 Å². The predicted octanol–water partition coefficient (Wildman–Crippen LogP) is 1.27. The fraction of sp³-hybridized carbons (Fsp3) is 0.214. The van der Waals surface area contributed by atoms with Crippen molar-refractivity contribution in [2.45, 2.75) is 6.92 Å². The van der Waals surface area contributed by atoms with Gasteiger partial charge in [-0.15, -0.1) is 0 Å². The van der Waals surface area contributed by atoms with Crippen LogP contribution in [0.2, 0.25) is 0 Å². The fourth-order valence-electron chi connectivity index (χ4n) is 1.71. The number of rotatable bonds is 4. The average molecular weight is 304 g/mol. The third-order valence-electron chi connectivity index (χ3n) is 2.69. The number of carbonyl (C=O) groups is 2. The summed E-state index contributed by atoms with van der Waals surface area (Å²) < 4.78 is 11.3. The molecule has 0 atom stereocenters. The van der Waals surface area contributed by atoms with E-state index in [-0.39, 0.29) is 18.1 Å². The van der Waals surface area contributed by atoms with Gasteiger partial charge in [0.2, 0.25) is 0 Å². The van der Waals surface area contributed by atoms with Crippen LogP contribution in [-0.4, -0.2) is 35.5 Å². The van der Waals surface area contributed by atoms with Crippen LogP contribution in [0.4, 0.5) is 4.79 Å². The van der Waals surface area contributed by atoms with E-state index in [9.17, 15) is 9.59 Å². The molecule has 0 saturated carbocycles. The second kappa shape index (κ2) is 7.11. The van der Waals surface area contributed by atoms with Gasteiger partial charge in [-0.2, -0.15) is 5.10 Å². The Morgan fingerprint density at radius 1 is 1.23 bits per heavy atom. The lowest BCUT2D eigenvalue weighted by molar-refractivity contribution is 0.0904. The molecule has 0 aliphatic rings. The minimum absolute atomic E-state index is 0.0446. The molecule has 0 aliphatic heterocycles. The summed E-state index contributed by atoms with van der Waals surface area (Å²) in [6.07, 6.45) is 0.825. The van der Waals surface area contributed by atoms with Crippen molar-refractivity contribution in [3.63, 3.8) is 0 Å². The molecule has 2 amide bonds. The standard InChI is InChI=1S/C14H16N4O4/c1-3-22-14(20)16-15-13(19)12-11(21-2)9-18(17-12)10-7-5-4-6-8-10/h4-9H,3H2,1-2H3,(H,15,19)(H,16,20). The molecule has 8 heteroatoms. The lowest BCUT2D eigenvalue weighted by Gasteiger charge is -2.06. The van der Waals surface area contributed by atoms with E-state index in [2.05, 4.69) is 20.7 Å². The van der Waals surface area contributed by atoms with E-state index in [4.69, 9.17) is 4.74 Å². The molecule has 0 saturated heterocycles. The summed E-state index contributed by atoms with van der Waals surface area (Å²) in [5.41, 5.74) is 5.14. The van der Waals surface area contributed by atoms with Crippen LogP contribution in [-0.2, 0) is 4.74 Å². The number of benzene rings is 1. The molecule has 1 heterocycles. The Morgan fingerprint density at radius 3 is 2.59 bits per heavy atom. The van der Waals surface area contributed by atoms with Gasteiger partial charge in [-0.3, -0.25) is 10.2 Å². The summed E-state index contributed by atoms with van der Waals surface area (Å²) in [6, 6.07) is 9.26. The summed E-state index contributed by atoms with van der Waals surface area (Å²) in [6.45, 7) is 1.86. The van der Waals surface area contributed by atoms with Crippen LogP contribution >= 0.6 is 0 Å². The van der Waals surface area contributed by atoms with Gasteiger partial charge in [0.05, 0.1) is 25.6 Å². The normalized spacial score (nSPS) is 9.91. The van der Waals surface area contributed by atoms with E-state index < -0.39 is 12.0 Å². The van der Waals surface area contributed by atoms with Crippen LogP contribution < -0.4 is 15.6 Å². The average Bonchev–Trinajstić information content (AvgIpc) is 2.98. The number of amides is 2. The molecule has 0 spiro atoms. The SMILES string of the molecule is CCOC(=O)NNC(=O)c1nn(-c2ccccc2)cc1OC. The van der Waals surface area contributed by atoms with Gasteiger partial charge in [-0.25, -0.2) is 14.9 Å². The van der Waals surface area contributed by atoms with Crippen molar-refractivity contribution in [2.24, 2.45) is 0 Å². The molecule has 8 nitrogen and oxygen atoms in total. The summed E-state index contributed by atoms with van der Waals surface area (Å²) in [5.74, 6) is -0.327. The summed E-state index contributed by atoms with van der Waals surface area (Å²) >= 11 is 0. The maximum atomic E-state index is 12.0. The largest absolute Gasteiger partial charge is 0.493 e. The zero-order valence-electron chi connectivity index (χ0n) is 12.2. The van der Waals surface area contributed by atoms with Crippen LogP contribution in [0.5, 0.6) is 5.75 Å². The van der Waals surface area contributed by atoms with E-state index in [1.807, 2.05) is 30.3 Å². The molecule has 1 aromatic heterocycles.